The molecule has 9 nitrogen and oxygen atoms in total. The summed E-state index contributed by atoms with van der Waals surface area (Å²) in [5.74, 6) is -2.28. The smallest absolute Gasteiger partial charge is 0.328 e. The van der Waals surface area contributed by atoms with Gasteiger partial charge in [0, 0.05) is 23.5 Å². The number of carboxylic acids is 1. The van der Waals surface area contributed by atoms with Crippen LogP contribution >= 0.6 is 0 Å². The molecule has 2 aliphatic rings. The van der Waals surface area contributed by atoms with Gasteiger partial charge in [-0.25, -0.2) is 4.79 Å². The summed E-state index contributed by atoms with van der Waals surface area (Å²) in [6, 6.07) is 0. The minimum atomic E-state index is -1.17. The van der Waals surface area contributed by atoms with Gasteiger partial charge in [0.1, 0.15) is 6.10 Å². The molecule has 0 aromatic rings. The molecule has 0 amide bonds. The first-order valence-electron chi connectivity index (χ1n) is 12.1. The van der Waals surface area contributed by atoms with Crippen LogP contribution in [0.2, 0.25) is 0 Å². The lowest BCUT2D eigenvalue weighted by atomic mass is 9.52. The number of Topliss-reactive ketones (excluding diaryl/α,β-unsaturated/α-hetero) is 1. The molecular weight excluding hydrogens is 456 g/mol. The van der Waals surface area contributed by atoms with E-state index in [0.717, 1.165) is 18.6 Å². The van der Waals surface area contributed by atoms with E-state index in [4.69, 9.17) is 14.9 Å². The van der Waals surface area contributed by atoms with Crippen molar-refractivity contribution in [3.8, 4) is 0 Å². The summed E-state index contributed by atoms with van der Waals surface area (Å²) in [5, 5.41) is 37.1. The lowest BCUT2D eigenvalue weighted by molar-refractivity contribution is -0.160. The summed E-state index contributed by atoms with van der Waals surface area (Å²) in [6.45, 7) is 9.69. The maximum Gasteiger partial charge on any atom is 0.328 e. The van der Waals surface area contributed by atoms with E-state index >= 15 is 0 Å². The number of carboxylic acid groups (broad SMARTS) is 1. The van der Waals surface area contributed by atoms with E-state index in [-0.39, 0.29) is 42.2 Å². The maximum absolute atomic E-state index is 12.3. The van der Waals surface area contributed by atoms with Crippen molar-refractivity contribution < 1.29 is 44.3 Å². The number of rotatable bonds is 8. The number of ketones is 2. The highest BCUT2D eigenvalue weighted by Gasteiger charge is 2.56. The first-order chi connectivity index (χ1) is 16.3. The number of carbonyl (C=O) groups is 4. The Kier molecular flexibility index (Phi) is 11.8. The highest BCUT2D eigenvalue weighted by molar-refractivity contribution is 5.98. The molecule has 5 unspecified atom stereocenters. The molecule has 4 N–H and O–H groups in total. The molecule has 0 saturated heterocycles. The van der Waals surface area contributed by atoms with Crippen molar-refractivity contribution in [3.63, 3.8) is 0 Å². The molecule has 0 aliphatic heterocycles. The van der Waals surface area contributed by atoms with Crippen LogP contribution in [0.25, 0.3) is 0 Å². The molecule has 0 radical (unpaired) electrons. The van der Waals surface area contributed by atoms with Gasteiger partial charge in [0.25, 0.3) is 0 Å². The van der Waals surface area contributed by atoms with Crippen molar-refractivity contribution in [1.82, 2.24) is 0 Å². The Labute approximate surface area is 206 Å². The van der Waals surface area contributed by atoms with Crippen LogP contribution in [0.15, 0.2) is 24.0 Å². The van der Waals surface area contributed by atoms with Gasteiger partial charge in [-0.3, -0.25) is 14.4 Å². The Morgan fingerprint density at radius 1 is 1.23 bits per heavy atom. The molecule has 0 aromatic heterocycles. The molecule has 0 bridgehead atoms. The van der Waals surface area contributed by atoms with Gasteiger partial charge in [-0.2, -0.15) is 0 Å². The zero-order valence-corrected chi connectivity index (χ0v) is 21.3. The molecule has 2 rings (SSSR count). The first-order valence-corrected chi connectivity index (χ1v) is 12.1. The number of hydrogen-bond donors (Lipinski definition) is 4. The van der Waals surface area contributed by atoms with E-state index in [1.807, 2.05) is 20.8 Å². The van der Waals surface area contributed by atoms with Crippen LogP contribution in [0.5, 0.6) is 0 Å². The summed E-state index contributed by atoms with van der Waals surface area (Å²) in [4.78, 5) is 46.0. The van der Waals surface area contributed by atoms with Gasteiger partial charge in [0.15, 0.2) is 11.6 Å². The fourth-order valence-corrected chi connectivity index (χ4v) is 5.18. The second-order valence-electron chi connectivity index (χ2n) is 10.2. The van der Waals surface area contributed by atoms with Crippen LogP contribution < -0.4 is 0 Å². The second-order valence-corrected chi connectivity index (χ2v) is 10.2. The molecule has 2 aliphatic carbocycles. The van der Waals surface area contributed by atoms with E-state index in [2.05, 4.69) is 0 Å². The fraction of sp³-hybridized carbons (Fsp3) is 0.692. The first kappa shape index (κ1) is 30.5. The van der Waals surface area contributed by atoms with Crippen LogP contribution in [-0.2, 0) is 23.9 Å². The van der Waals surface area contributed by atoms with Crippen molar-refractivity contribution in [2.45, 2.75) is 78.9 Å². The number of carbonyl (C=O) groups excluding carboxylic acids is 3. The average Bonchev–Trinajstić information content (AvgIpc) is 2.75. The number of aliphatic hydroxyl groups excluding tert-OH is 3. The van der Waals surface area contributed by atoms with Crippen molar-refractivity contribution >= 4 is 23.5 Å². The molecular formula is C26H40O9. The quantitative estimate of drug-likeness (QED) is 0.225. The number of aliphatic carboxylic acids is 1. The molecule has 9 heteroatoms. The second kappa shape index (κ2) is 13.5. The Bertz CT molecular complexity index is 831. The van der Waals surface area contributed by atoms with E-state index in [0.29, 0.717) is 37.2 Å². The van der Waals surface area contributed by atoms with E-state index in [1.165, 1.54) is 0 Å². The lowest BCUT2D eigenvalue weighted by Crippen LogP contribution is -2.57. The van der Waals surface area contributed by atoms with Crippen LogP contribution in [0.1, 0.15) is 66.7 Å². The van der Waals surface area contributed by atoms with Gasteiger partial charge in [0.2, 0.25) is 0 Å². The van der Waals surface area contributed by atoms with Crippen molar-refractivity contribution in [2.75, 3.05) is 6.61 Å². The number of fused-ring (bicyclic) bond motifs is 1. The van der Waals surface area contributed by atoms with Crippen molar-refractivity contribution in [1.29, 1.82) is 0 Å². The van der Waals surface area contributed by atoms with Crippen molar-refractivity contribution in [2.24, 2.45) is 29.1 Å². The molecule has 2 fully saturated rings. The predicted octanol–water partition coefficient (Wildman–Crippen LogP) is 2.99. The molecule has 0 aromatic carbocycles. The Morgan fingerprint density at radius 3 is 2.40 bits per heavy atom. The molecule has 2 saturated carbocycles. The molecule has 0 spiro atoms. The highest BCUT2D eigenvalue weighted by Crippen LogP contribution is 2.52. The van der Waals surface area contributed by atoms with Crippen LogP contribution in [0.3, 0.4) is 0 Å². The van der Waals surface area contributed by atoms with Gasteiger partial charge < -0.3 is 25.2 Å². The van der Waals surface area contributed by atoms with Gasteiger partial charge in [-0.15, -0.1) is 0 Å². The van der Waals surface area contributed by atoms with Gasteiger partial charge >= 0.3 is 11.9 Å². The summed E-state index contributed by atoms with van der Waals surface area (Å²) in [5.41, 5.74) is -0.381. The summed E-state index contributed by atoms with van der Waals surface area (Å²) >= 11 is 0. The van der Waals surface area contributed by atoms with Gasteiger partial charge in [0.05, 0.1) is 25.4 Å². The van der Waals surface area contributed by atoms with Crippen LogP contribution in [0.4, 0.5) is 0 Å². The topological polar surface area (TPSA) is 158 Å². The monoisotopic (exact) mass is 496 g/mol. The number of allylic oxidation sites excluding steroid dienone is 1. The third-order valence-electron chi connectivity index (χ3n) is 7.07. The minimum absolute atomic E-state index is 0.0150. The number of ether oxygens (including phenoxy) is 1. The molecule has 35 heavy (non-hydrogen) atoms. The van der Waals surface area contributed by atoms with Gasteiger partial charge in [-0.1, -0.05) is 39.7 Å². The number of esters is 1. The zero-order valence-electron chi connectivity index (χ0n) is 21.3. The summed E-state index contributed by atoms with van der Waals surface area (Å²) in [7, 11) is 0. The fourth-order valence-electron chi connectivity index (χ4n) is 5.18. The Morgan fingerprint density at radius 2 is 1.86 bits per heavy atom. The standard InChI is InChI=1S/C15H22O5.C11H18O4/c1-8-5-9(17)6-10-13(8)15(2,12(19)3-4-16)7-11(18)14(10)20;1-4-8(2)7-15-11(14)6-9(3)5-10(12)13/h3-4,8-11,13,16-18H,5-7H2,1-2H3;5,8H,4,6-7H2,1-3H3,(H,12,13)/b4-3-;9-5+/t8-,9?,10?,11?,13?,15?;8-/m10/s1. The maximum atomic E-state index is 12.3. The number of aliphatic hydroxyl groups is 3. The zero-order chi connectivity index (χ0) is 26.9. The van der Waals surface area contributed by atoms with Crippen LogP contribution in [0, 0.1) is 29.1 Å². The molecule has 7 atom stereocenters. The Hall–Kier alpha value is -2.52. The highest BCUT2D eigenvalue weighted by atomic mass is 16.5. The summed E-state index contributed by atoms with van der Waals surface area (Å²) < 4.78 is 4.97. The third kappa shape index (κ3) is 8.58. The summed E-state index contributed by atoms with van der Waals surface area (Å²) in [6.07, 6.45) is 3.02. The predicted molar refractivity (Wildman–Crippen MR) is 128 cm³/mol. The van der Waals surface area contributed by atoms with Gasteiger partial charge in [-0.05, 0) is 43.9 Å². The molecule has 0 heterocycles. The molecule has 198 valence electrons. The third-order valence-corrected chi connectivity index (χ3v) is 7.07. The normalized spacial score (nSPS) is 31.7. The lowest BCUT2D eigenvalue weighted by Gasteiger charge is -2.51. The Balaban J connectivity index is 0.000000367. The largest absolute Gasteiger partial charge is 0.515 e. The van der Waals surface area contributed by atoms with Crippen LogP contribution in [-0.4, -0.2) is 62.7 Å². The SMILES string of the molecule is CC[C@H](C)COC(=O)C/C(C)=C/C(=O)O.C[C@@H]1CC(O)CC2C(=O)C(O)CC(C)(C(=O)/C=C\O)C21. The van der Waals surface area contributed by atoms with E-state index in [1.54, 1.807) is 13.8 Å². The minimum Gasteiger partial charge on any atom is -0.515 e. The van der Waals surface area contributed by atoms with E-state index < -0.39 is 29.5 Å². The average molecular weight is 497 g/mol. The van der Waals surface area contributed by atoms with E-state index in [9.17, 15) is 29.4 Å². The number of hydrogen-bond acceptors (Lipinski definition) is 8. The van der Waals surface area contributed by atoms with Crippen molar-refractivity contribution in [3.05, 3.63) is 24.0 Å².